The maximum atomic E-state index is 11.9. The first-order valence-corrected chi connectivity index (χ1v) is 7.19. The summed E-state index contributed by atoms with van der Waals surface area (Å²) in [6.45, 7) is 1.85. The van der Waals surface area contributed by atoms with Gasteiger partial charge >= 0.3 is 5.97 Å². The van der Waals surface area contributed by atoms with Crippen LogP contribution in [0.3, 0.4) is 0 Å². The minimum Gasteiger partial charge on any atom is -0.469 e. The lowest BCUT2D eigenvalue weighted by molar-refractivity contribution is 0.0466. The second-order valence-corrected chi connectivity index (χ2v) is 5.18. The van der Waals surface area contributed by atoms with E-state index in [0.29, 0.717) is 17.0 Å². The van der Waals surface area contributed by atoms with Crippen LogP contribution in [0.15, 0.2) is 46.5 Å². The zero-order chi connectivity index (χ0) is 14.7. The molecule has 0 atom stereocenters. The quantitative estimate of drug-likeness (QED) is 0.690. The molecule has 21 heavy (non-hydrogen) atoms. The Hall–Kier alpha value is -2.47. The van der Waals surface area contributed by atoms with Crippen LogP contribution in [0, 0.1) is 6.92 Å². The molecule has 3 aromatic heterocycles. The third kappa shape index (κ3) is 3.00. The number of pyridine rings is 1. The summed E-state index contributed by atoms with van der Waals surface area (Å²) in [7, 11) is 0. The maximum Gasteiger partial charge on any atom is 0.342 e. The third-order valence-electron chi connectivity index (χ3n) is 2.87. The average molecular weight is 300 g/mol. The van der Waals surface area contributed by atoms with Crippen LogP contribution in [-0.2, 0) is 11.3 Å². The first-order valence-electron chi connectivity index (χ1n) is 6.31. The van der Waals surface area contributed by atoms with E-state index in [0.717, 1.165) is 10.7 Å². The van der Waals surface area contributed by atoms with Gasteiger partial charge in [0.25, 0.3) is 0 Å². The normalized spacial score (nSPS) is 10.5. The Morgan fingerprint density at radius 2 is 2.29 bits per heavy atom. The number of thiazole rings is 1. The highest BCUT2D eigenvalue weighted by Gasteiger charge is 2.14. The molecule has 0 saturated heterocycles. The minimum atomic E-state index is -0.409. The second-order valence-electron chi connectivity index (χ2n) is 4.33. The number of carbonyl (C=O) groups excluding carboxylic acids is 1. The molecule has 3 heterocycles. The van der Waals surface area contributed by atoms with Gasteiger partial charge in [-0.3, -0.25) is 4.98 Å². The van der Waals surface area contributed by atoms with Crippen molar-refractivity contribution >= 4 is 17.3 Å². The zero-order valence-electron chi connectivity index (χ0n) is 11.3. The number of hydrogen-bond acceptors (Lipinski definition) is 6. The molecule has 6 heteroatoms. The zero-order valence-corrected chi connectivity index (χ0v) is 12.1. The number of carbonyl (C=O) groups is 1. The van der Waals surface area contributed by atoms with Crippen molar-refractivity contribution in [1.29, 1.82) is 0 Å². The molecule has 0 saturated carbocycles. The van der Waals surface area contributed by atoms with E-state index in [4.69, 9.17) is 9.15 Å². The van der Waals surface area contributed by atoms with Crippen molar-refractivity contribution in [1.82, 2.24) is 9.97 Å². The molecule has 0 N–H and O–H groups in total. The van der Waals surface area contributed by atoms with Crippen molar-refractivity contribution in [3.8, 4) is 10.7 Å². The van der Waals surface area contributed by atoms with Crippen molar-refractivity contribution in [3.05, 3.63) is 59.1 Å². The highest BCUT2D eigenvalue weighted by Crippen LogP contribution is 2.22. The fourth-order valence-corrected chi connectivity index (χ4v) is 2.57. The minimum absolute atomic E-state index is 0.132. The molecule has 0 fully saturated rings. The molecule has 5 nitrogen and oxygen atoms in total. The first-order chi connectivity index (χ1) is 10.2. The van der Waals surface area contributed by atoms with Gasteiger partial charge in [0.15, 0.2) is 0 Å². The summed E-state index contributed by atoms with van der Waals surface area (Å²) in [5.74, 6) is 0.140. The van der Waals surface area contributed by atoms with E-state index in [1.165, 1.54) is 17.6 Å². The van der Waals surface area contributed by atoms with Crippen LogP contribution in [0.25, 0.3) is 10.7 Å². The Morgan fingerprint density at radius 1 is 1.38 bits per heavy atom. The van der Waals surface area contributed by atoms with Gasteiger partial charge in [-0.25, -0.2) is 9.78 Å². The molecule has 3 aromatic rings. The Bertz CT molecular complexity index is 749. The lowest BCUT2D eigenvalue weighted by Gasteiger charge is -2.01. The smallest absolute Gasteiger partial charge is 0.342 e. The van der Waals surface area contributed by atoms with Gasteiger partial charge in [-0.2, -0.15) is 0 Å². The molecule has 0 unspecified atom stereocenters. The van der Waals surface area contributed by atoms with Gasteiger partial charge in [0.2, 0.25) is 0 Å². The standard InChI is InChI=1S/C15H12N2O3S/c1-10-12(5-7-19-10)15(18)20-8-11-9-21-14(17-11)13-4-2-3-6-16-13/h2-7,9H,8H2,1H3. The van der Waals surface area contributed by atoms with Crippen molar-refractivity contribution in [2.45, 2.75) is 13.5 Å². The summed E-state index contributed by atoms with van der Waals surface area (Å²) in [6, 6.07) is 7.25. The lowest BCUT2D eigenvalue weighted by Crippen LogP contribution is -2.05. The monoisotopic (exact) mass is 300 g/mol. The van der Waals surface area contributed by atoms with E-state index in [1.807, 2.05) is 23.6 Å². The molecule has 0 aliphatic heterocycles. The molecule has 3 rings (SSSR count). The molecule has 0 radical (unpaired) electrons. The molecule has 0 spiro atoms. The lowest BCUT2D eigenvalue weighted by atomic mass is 10.3. The Labute approximate surface area is 125 Å². The molecule has 0 aromatic carbocycles. The molecule has 0 aliphatic carbocycles. The number of aromatic nitrogens is 2. The van der Waals surface area contributed by atoms with E-state index in [-0.39, 0.29) is 6.61 Å². The van der Waals surface area contributed by atoms with Crippen LogP contribution in [-0.4, -0.2) is 15.9 Å². The van der Waals surface area contributed by atoms with Gasteiger partial charge in [0.1, 0.15) is 22.9 Å². The van der Waals surface area contributed by atoms with Crippen LogP contribution in [0.4, 0.5) is 0 Å². The summed E-state index contributed by atoms with van der Waals surface area (Å²) in [6.07, 6.45) is 3.19. The van der Waals surface area contributed by atoms with Gasteiger partial charge in [-0.15, -0.1) is 11.3 Å². The molecule has 106 valence electrons. The molecular formula is C15H12N2O3S. The van der Waals surface area contributed by atoms with E-state index in [2.05, 4.69) is 9.97 Å². The average Bonchev–Trinajstić information content (AvgIpc) is 3.15. The highest BCUT2D eigenvalue weighted by molar-refractivity contribution is 7.13. The van der Waals surface area contributed by atoms with Crippen molar-refractivity contribution in [3.63, 3.8) is 0 Å². The van der Waals surface area contributed by atoms with Crippen molar-refractivity contribution in [2.24, 2.45) is 0 Å². The van der Waals surface area contributed by atoms with Crippen LogP contribution >= 0.6 is 11.3 Å². The van der Waals surface area contributed by atoms with E-state index in [9.17, 15) is 4.79 Å². The SMILES string of the molecule is Cc1occc1C(=O)OCc1csc(-c2ccccn2)n1. The van der Waals surface area contributed by atoms with Crippen molar-refractivity contribution in [2.75, 3.05) is 0 Å². The van der Waals surface area contributed by atoms with E-state index in [1.54, 1.807) is 19.2 Å². The van der Waals surface area contributed by atoms with Crippen LogP contribution < -0.4 is 0 Å². The summed E-state index contributed by atoms with van der Waals surface area (Å²) < 4.78 is 10.3. The van der Waals surface area contributed by atoms with E-state index < -0.39 is 5.97 Å². The number of hydrogen-bond donors (Lipinski definition) is 0. The van der Waals surface area contributed by atoms with E-state index >= 15 is 0 Å². The van der Waals surface area contributed by atoms with Crippen molar-refractivity contribution < 1.29 is 13.9 Å². The number of aryl methyl sites for hydroxylation is 1. The molecule has 0 aliphatic rings. The highest BCUT2D eigenvalue weighted by atomic mass is 32.1. The third-order valence-corrected chi connectivity index (χ3v) is 3.78. The van der Waals surface area contributed by atoms with Gasteiger partial charge in [0, 0.05) is 11.6 Å². The summed E-state index contributed by atoms with van der Waals surface area (Å²) in [5, 5.41) is 2.67. The predicted octanol–water partition coefficient (Wildman–Crippen LogP) is 3.46. The predicted molar refractivity (Wildman–Crippen MR) is 77.9 cm³/mol. The van der Waals surface area contributed by atoms with Gasteiger partial charge in [0.05, 0.1) is 17.7 Å². The topological polar surface area (TPSA) is 65.2 Å². The Balaban J connectivity index is 1.66. The van der Waals surface area contributed by atoms with Gasteiger partial charge in [-0.05, 0) is 25.1 Å². The number of nitrogens with zero attached hydrogens (tertiary/aromatic N) is 2. The largest absolute Gasteiger partial charge is 0.469 e. The molecule has 0 amide bonds. The summed E-state index contributed by atoms with van der Waals surface area (Å²) in [4.78, 5) is 20.5. The van der Waals surface area contributed by atoms with Crippen LogP contribution in [0.1, 0.15) is 21.8 Å². The fraction of sp³-hybridized carbons (Fsp3) is 0.133. The number of furan rings is 1. The second kappa shape index (κ2) is 5.88. The fourth-order valence-electron chi connectivity index (χ4n) is 1.79. The molecular weight excluding hydrogens is 288 g/mol. The van der Waals surface area contributed by atoms with Crippen LogP contribution in [0.5, 0.6) is 0 Å². The summed E-state index contributed by atoms with van der Waals surface area (Å²) in [5.41, 5.74) is 1.95. The number of ether oxygens (including phenoxy) is 1. The summed E-state index contributed by atoms with van der Waals surface area (Å²) >= 11 is 1.47. The number of rotatable bonds is 4. The number of esters is 1. The van der Waals surface area contributed by atoms with Crippen LogP contribution in [0.2, 0.25) is 0 Å². The Morgan fingerprint density at radius 3 is 3.00 bits per heavy atom. The Kier molecular flexibility index (Phi) is 3.79. The van der Waals surface area contributed by atoms with Gasteiger partial charge in [-0.1, -0.05) is 6.07 Å². The first kappa shape index (κ1) is 13.5. The maximum absolute atomic E-state index is 11.9. The van der Waals surface area contributed by atoms with Gasteiger partial charge < -0.3 is 9.15 Å². The molecule has 0 bridgehead atoms.